The van der Waals surface area contributed by atoms with Crippen LogP contribution in [0.15, 0.2) is 0 Å². The van der Waals surface area contributed by atoms with E-state index >= 15 is 0 Å². The van der Waals surface area contributed by atoms with Crippen molar-refractivity contribution in [2.75, 3.05) is 39.8 Å². The first-order valence-electron chi connectivity index (χ1n) is 5.91. The molecule has 1 aliphatic rings. The van der Waals surface area contributed by atoms with E-state index in [1.165, 1.54) is 0 Å². The van der Waals surface area contributed by atoms with Crippen LogP contribution in [0.4, 0.5) is 0 Å². The first-order chi connectivity index (χ1) is 7.22. The topological polar surface area (TPSA) is 35.6 Å². The molecule has 0 spiro atoms. The fourth-order valence-electron chi connectivity index (χ4n) is 2.03. The molecular formula is C11H23N3O. The lowest BCUT2D eigenvalue weighted by atomic mass is 10.3. The number of likely N-dealkylation sites (tertiary alicyclic amines) is 1. The summed E-state index contributed by atoms with van der Waals surface area (Å²) in [7, 11) is 1.86. The fraction of sp³-hybridized carbons (Fsp3) is 0.909. The molecule has 1 amide bonds. The molecule has 1 atom stereocenters. The van der Waals surface area contributed by atoms with Crippen LogP contribution >= 0.6 is 0 Å². The summed E-state index contributed by atoms with van der Waals surface area (Å²) in [6, 6.07) is 0.0571. The molecule has 0 bridgehead atoms. The highest BCUT2D eigenvalue weighted by atomic mass is 16.2. The number of hydrogen-bond acceptors (Lipinski definition) is 3. The third-order valence-electron chi connectivity index (χ3n) is 3.23. The van der Waals surface area contributed by atoms with Crippen molar-refractivity contribution in [1.82, 2.24) is 15.1 Å². The molecule has 0 aromatic carbocycles. The molecule has 15 heavy (non-hydrogen) atoms. The summed E-state index contributed by atoms with van der Waals surface area (Å²) in [6.45, 7) is 9.22. The van der Waals surface area contributed by atoms with Gasteiger partial charge < -0.3 is 15.1 Å². The lowest BCUT2D eigenvalue weighted by Gasteiger charge is -2.23. The summed E-state index contributed by atoms with van der Waals surface area (Å²) in [6.07, 6.45) is 0.952. The molecule has 1 heterocycles. The Hall–Kier alpha value is -0.610. The Bertz CT molecular complexity index is 204. The van der Waals surface area contributed by atoms with Crippen molar-refractivity contribution in [2.45, 2.75) is 26.3 Å². The summed E-state index contributed by atoms with van der Waals surface area (Å²) in [4.78, 5) is 16.1. The Kier molecular flexibility index (Phi) is 5.05. The zero-order chi connectivity index (χ0) is 11.3. The zero-order valence-electron chi connectivity index (χ0n) is 10.1. The van der Waals surface area contributed by atoms with Crippen LogP contribution < -0.4 is 5.32 Å². The molecule has 1 rings (SSSR count). The minimum absolute atomic E-state index is 0.0571. The van der Waals surface area contributed by atoms with Gasteiger partial charge in [-0.25, -0.2) is 0 Å². The number of nitrogens with one attached hydrogen (secondary N) is 1. The third kappa shape index (κ3) is 3.18. The number of likely N-dealkylation sites (N-methyl/N-ethyl adjacent to an activating group) is 2. The van der Waals surface area contributed by atoms with E-state index in [0.717, 1.165) is 39.1 Å². The Labute approximate surface area is 92.6 Å². The molecule has 1 N–H and O–H groups in total. The van der Waals surface area contributed by atoms with Crippen molar-refractivity contribution in [2.24, 2.45) is 0 Å². The SMILES string of the molecule is CCN(CC)CCN1CCC(NC)C1=O. The quantitative estimate of drug-likeness (QED) is 0.682. The third-order valence-corrected chi connectivity index (χ3v) is 3.23. The molecule has 0 saturated carbocycles. The molecule has 88 valence electrons. The van der Waals surface area contributed by atoms with E-state index in [2.05, 4.69) is 24.1 Å². The molecule has 0 radical (unpaired) electrons. The second-order valence-electron chi connectivity index (χ2n) is 3.98. The fourth-order valence-corrected chi connectivity index (χ4v) is 2.03. The second kappa shape index (κ2) is 6.08. The highest BCUT2D eigenvalue weighted by Crippen LogP contribution is 2.10. The van der Waals surface area contributed by atoms with Crippen molar-refractivity contribution in [1.29, 1.82) is 0 Å². The van der Waals surface area contributed by atoms with Gasteiger partial charge >= 0.3 is 0 Å². The highest BCUT2D eigenvalue weighted by Gasteiger charge is 2.29. The lowest BCUT2D eigenvalue weighted by molar-refractivity contribution is -0.129. The molecule has 1 unspecified atom stereocenters. The summed E-state index contributed by atoms with van der Waals surface area (Å²) < 4.78 is 0. The number of carbonyl (C=O) groups is 1. The van der Waals surface area contributed by atoms with E-state index in [9.17, 15) is 4.79 Å². The maximum Gasteiger partial charge on any atom is 0.239 e. The monoisotopic (exact) mass is 213 g/mol. The number of hydrogen-bond donors (Lipinski definition) is 1. The number of carbonyl (C=O) groups excluding carboxylic acids is 1. The van der Waals surface area contributed by atoms with Crippen molar-refractivity contribution >= 4 is 5.91 Å². The van der Waals surface area contributed by atoms with Crippen molar-refractivity contribution in [3.8, 4) is 0 Å². The molecule has 1 aliphatic heterocycles. The van der Waals surface area contributed by atoms with Gasteiger partial charge in [-0.2, -0.15) is 0 Å². The van der Waals surface area contributed by atoms with Gasteiger partial charge in [0.1, 0.15) is 0 Å². The van der Waals surface area contributed by atoms with Crippen LogP contribution in [0.3, 0.4) is 0 Å². The maximum atomic E-state index is 11.8. The van der Waals surface area contributed by atoms with Crippen LogP contribution in [-0.2, 0) is 4.79 Å². The van der Waals surface area contributed by atoms with Gasteiger partial charge in [0.2, 0.25) is 5.91 Å². The van der Waals surface area contributed by atoms with Gasteiger partial charge in [0.25, 0.3) is 0 Å². The highest BCUT2D eigenvalue weighted by molar-refractivity contribution is 5.83. The van der Waals surface area contributed by atoms with E-state index in [0.29, 0.717) is 0 Å². The van der Waals surface area contributed by atoms with Crippen LogP contribution in [0.5, 0.6) is 0 Å². The van der Waals surface area contributed by atoms with E-state index in [-0.39, 0.29) is 11.9 Å². The molecule has 0 aliphatic carbocycles. The molecule has 0 aromatic rings. The van der Waals surface area contributed by atoms with Crippen molar-refractivity contribution in [3.05, 3.63) is 0 Å². The van der Waals surface area contributed by atoms with Gasteiger partial charge in [0.15, 0.2) is 0 Å². The normalized spacial score (nSPS) is 21.7. The Morgan fingerprint density at radius 2 is 2.13 bits per heavy atom. The first-order valence-corrected chi connectivity index (χ1v) is 5.91. The van der Waals surface area contributed by atoms with Gasteiger partial charge in [-0.1, -0.05) is 13.8 Å². The molecule has 1 saturated heterocycles. The van der Waals surface area contributed by atoms with Gasteiger partial charge in [-0.15, -0.1) is 0 Å². The molecular weight excluding hydrogens is 190 g/mol. The first kappa shape index (κ1) is 12.5. The number of nitrogens with zero attached hydrogens (tertiary/aromatic N) is 2. The van der Waals surface area contributed by atoms with Gasteiger partial charge in [-0.05, 0) is 26.6 Å². The molecule has 4 nitrogen and oxygen atoms in total. The standard InChI is InChI=1S/C11H23N3O/c1-4-13(5-2)8-9-14-7-6-10(12-3)11(14)15/h10,12H,4-9H2,1-3H3. The Balaban J connectivity index is 2.31. The molecule has 0 aromatic heterocycles. The van der Waals surface area contributed by atoms with Gasteiger partial charge in [-0.3, -0.25) is 4.79 Å². The van der Waals surface area contributed by atoms with Crippen LogP contribution in [0, 0.1) is 0 Å². The second-order valence-corrected chi connectivity index (χ2v) is 3.98. The van der Waals surface area contributed by atoms with Crippen LogP contribution in [-0.4, -0.2) is 61.5 Å². The molecule has 4 heteroatoms. The van der Waals surface area contributed by atoms with E-state index in [1.54, 1.807) is 0 Å². The number of rotatable bonds is 6. The summed E-state index contributed by atoms with van der Waals surface area (Å²) in [5.74, 6) is 0.268. The minimum atomic E-state index is 0.0571. The molecule has 1 fully saturated rings. The Morgan fingerprint density at radius 3 is 2.60 bits per heavy atom. The average molecular weight is 213 g/mol. The van der Waals surface area contributed by atoms with Crippen molar-refractivity contribution in [3.63, 3.8) is 0 Å². The van der Waals surface area contributed by atoms with Crippen LogP contribution in [0.25, 0.3) is 0 Å². The summed E-state index contributed by atoms with van der Waals surface area (Å²) in [5, 5.41) is 3.05. The summed E-state index contributed by atoms with van der Waals surface area (Å²) >= 11 is 0. The summed E-state index contributed by atoms with van der Waals surface area (Å²) in [5.41, 5.74) is 0. The van der Waals surface area contributed by atoms with Crippen LogP contribution in [0.2, 0.25) is 0 Å². The minimum Gasteiger partial charge on any atom is -0.340 e. The van der Waals surface area contributed by atoms with E-state index in [4.69, 9.17) is 0 Å². The lowest BCUT2D eigenvalue weighted by Crippen LogP contribution is -2.40. The largest absolute Gasteiger partial charge is 0.340 e. The van der Waals surface area contributed by atoms with Crippen LogP contribution in [0.1, 0.15) is 20.3 Å². The predicted octanol–water partition coefficient (Wildman–Crippen LogP) is 0.149. The van der Waals surface area contributed by atoms with Gasteiger partial charge in [0, 0.05) is 19.6 Å². The van der Waals surface area contributed by atoms with Crippen molar-refractivity contribution < 1.29 is 4.79 Å². The van der Waals surface area contributed by atoms with E-state index in [1.807, 2.05) is 11.9 Å². The predicted molar refractivity (Wildman–Crippen MR) is 61.8 cm³/mol. The van der Waals surface area contributed by atoms with E-state index < -0.39 is 0 Å². The zero-order valence-corrected chi connectivity index (χ0v) is 10.1. The number of amides is 1. The van der Waals surface area contributed by atoms with Gasteiger partial charge in [0.05, 0.1) is 6.04 Å². The average Bonchev–Trinajstić information content (AvgIpc) is 2.61. The Morgan fingerprint density at radius 1 is 1.47 bits per heavy atom. The smallest absolute Gasteiger partial charge is 0.239 e. The maximum absolute atomic E-state index is 11.8.